The summed E-state index contributed by atoms with van der Waals surface area (Å²) in [6, 6.07) is 8.63. The van der Waals surface area contributed by atoms with Gasteiger partial charge >= 0.3 is 0 Å². The summed E-state index contributed by atoms with van der Waals surface area (Å²) in [6.45, 7) is 3.37. The van der Waals surface area contributed by atoms with Crippen molar-refractivity contribution in [2.75, 3.05) is 38.0 Å². The van der Waals surface area contributed by atoms with Crippen LogP contribution in [0.1, 0.15) is 15.9 Å². The summed E-state index contributed by atoms with van der Waals surface area (Å²) in [5.74, 6) is -0.877. The van der Waals surface area contributed by atoms with Crippen LogP contribution in [0.5, 0.6) is 0 Å². The van der Waals surface area contributed by atoms with Crippen molar-refractivity contribution >= 4 is 49.1 Å². The van der Waals surface area contributed by atoms with Gasteiger partial charge in [0.25, 0.3) is 5.91 Å². The molecular weight excluding hydrogens is 450 g/mol. The van der Waals surface area contributed by atoms with Crippen molar-refractivity contribution in [3.8, 4) is 0 Å². The quantitative estimate of drug-likeness (QED) is 0.561. The van der Waals surface area contributed by atoms with Crippen LogP contribution in [0.3, 0.4) is 0 Å². The number of pyridine rings is 1. The highest BCUT2D eigenvalue weighted by Gasteiger charge is 2.30. The number of carbonyl (C=O) groups is 2. The minimum absolute atomic E-state index is 0.0963. The first-order valence-corrected chi connectivity index (χ1v) is 12.3. The monoisotopic (exact) mass is 473 g/mol. The summed E-state index contributed by atoms with van der Waals surface area (Å²) >= 11 is 1.23. The van der Waals surface area contributed by atoms with Crippen LogP contribution in [-0.4, -0.2) is 67.1 Å². The summed E-state index contributed by atoms with van der Waals surface area (Å²) in [6.07, 6.45) is 1.66. The zero-order chi connectivity index (χ0) is 22.9. The van der Waals surface area contributed by atoms with Gasteiger partial charge in [-0.3, -0.25) is 19.5 Å². The third-order valence-corrected chi connectivity index (χ3v) is 8.07. The molecule has 0 bridgehead atoms. The second-order valence-electron chi connectivity index (χ2n) is 7.60. The molecule has 0 atom stereocenters. The lowest BCUT2D eigenvalue weighted by molar-refractivity contribution is -0.117. The van der Waals surface area contributed by atoms with Crippen molar-refractivity contribution in [1.29, 1.82) is 0 Å². The minimum atomic E-state index is -3.72. The van der Waals surface area contributed by atoms with Gasteiger partial charge in [0.1, 0.15) is 9.90 Å². The second kappa shape index (κ2) is 8.94. The smallest absolute Gasteiger partial charge is 0.251 e. The van der Waals surface area contributed by atoms with E-state index in [9.17, 15) is 18.0 Å². The number of hydrogen-bond acceptors (Lipinski definition) is 7. The topological polar surface area (TPSA) is 126 Å². The van der Waals surface area contributed by atoms with Gasteiger partial charge in [0.05, 0.1) is 17.6 Å². The lowest BCUT2D eigenvalue weighted by atomic mass is 10.2. The van der Waals surface area contributed by atoms with Crippen molar-refractivity contribution in [2.24, 2.45) is 5.73 Å². The molecule has 2 amide bonds. The van der Waals surface area contributed by atoms with E-state index in [2.05, 4.69) is 10.3 Å². The van der Waals surface area contributed by atoms with Gasteiger partial charge in [-0.2, -0.15) is 4.31 Å². The Morgan fingerprint density at radius 1 is 1.19 bits per heavy atom. The van der Waals surface area contributed by atoms with Gasteiger partial charge in [-0.15, -0.1) is 11.3 Å². The maximum atomic E-state index is 13.3. The number of thiophene rings is 1. The molecule has 4 rings (SSSR count). The highest BCUT2D eigenvalue weighted by molar-refractivity contribution is 7.89. The third kappa shape index (κ3) is 4.51. The molecule has 3 aromatic rings. The Morgan fingerprint density at radius 3 is 2.66 bits per heavy atom. The molecule has 0 saturated carbocycles. The van der Waals surface area contributed by atoms with Gasteiger partial charge in [0.15, 0.2) is 0 Å². The number of piperazine rings is 1. The molecule has 0 spiro atoms. The number of rotatable bonds is 6. The first-order chi connectivity index (χ1) is 15.3. The summed E-state index contributed by atoms with van der Waals surface area (Å²) in [4.78, 5) is 30.2. The molecule has 3 heterocycles. The Hall–Kier alpha value is -2.86. The maximum Gasteiger partial charge on any atom is 0.251 e. The molecule has 1 saturated heterocycles. The Kier molecular flexibility index (Phi) is 6.24. The molecule has 1 aliphatic heterocycles. The zero-order valence-corrected chi connectivity index (χ0v) is 19.1. The summed E-state index contributed by atoms with van der Waals surface area (Å²) in [5, 5.41) is 5.59. The number of nitrogens with one attached hydrogen (secondary N) is 1. The molecule has 1 aromatic carbocycles. The lowest BCUT2D eigenvalue weighted by Gasteiger charge is -2.33. The van der Waals surface area contributed by atoms with E-state index in [1.165, 1.54) is 15.6 Å². The molecule has 0 aliphatic carbocycles. The predicted molar refractivity (Wildman–Crippen MR) is 123 cm³/mol. The number of amides is 2. The van der Waals surface area contributed by atoms with Crippen LogP contribution in [0.4, 0.5) is 5.00 Å². The normalized spacial score (nSPS) is 15.7. The van der Waals surface area contributed by atoms with Crippen LogP contribution in [0.2, 0.25) is 0 Å². The molecular formula is C21H23N5O4S2. The number of carbonyl (C=O) groups excluding carboxylic acids is 2. The van der Waals surface area contributed by atoms with Gasteiger partial charge in [-0.25, -0.2) is 8.42 Å². The Morgan fingerprint density at radius 2 is 1.94 bits per heavy atom. The predicted octanol–water partition coefficient (Wildman–Crippen LogP) is 1.65. The lowest BCUT2D eigenvalue weighted by Crippen LogP contribution is -2.50. The van der Waals surface area contributed by atoms with E-state index in [-0.39, 0.29) is 36.0 Å². The van der Waals surface area contributed by atoms with E-state index in [1.54, 1.807) is 29.8 Å². The molecule has 2 aromatic heterocycles. The number of aromatic nitrogens is 1. The molecule has 3 N–H and O–H groups in total. The zero-order valence-electron chi connectivity index (χ0n) is 17.4. The Balaban J connectivity index is 1.41. The number of benzene rings is 1. The van der Waals surface area contributed by atoms with Crippen molar-refractivity contribution in [1.82, 2.24) is 14.2 Å². The third-order valence-electron chi connectivity index (χ3n) is 5.31. The van der Waals surface area contributed by atoms with E-state index in [0.717, 1.165) is 10.9 Å². The fourth-order valence-electron chi connectivity index (χ4n) is 3.69. The number of fused-ring (bicyclic) bond motifs is 1. The number of sulfonamides is 1. The summed E-state index contributed by atoms with van der Waals surface area (Å²) in [7, 11) is -3.72. The van der Waals surface area contributed by atoms with Gasteiger partial charge in [0, 0.05) is 37.8 Å². The van der Waals surface area contributed by atoms with Crippen molar-refractivity contribution in [3.05, 3.63) is 53.0 Å². The summed E-state index contributed by atoms with van der Waals surface area (Å²) in [5.41, 5.74) is 7.00. The standard InChI is InChI=1S/C21H23N5O4S2/c1-14-11-15-3-2-4-17(19(15)23-12-14)32(29,30)26-8-6-25(7-9-26)13-18(27)24-21-16(20(22)28)5-10-31-21/h2-5,10-12H,6-9,13H2,1H3,(H2,22,28)(H,24,27). The SMILES string of the molecule is Cc1cnc2c(S(=O)(=O)N3CCN(CC(=O)Nc4sccc4C(N)=O)CC3)cccc2c1. The molecule has 9 nitrogen and oxygen atoms in total. The van der Waals surface area contributed by atoms with E-state index in [1.807, 2.05) is 24.0 Å². The van der Waals surface area contributed by atoms with Gasteiger partial charge in [-0.1, -0.05) is 12.1 Å². The van der Waals surface area contributed by atoms with Crippen molar-refractivity contribution in [3.63, 3.8) is 0 Å². The van der Waals surface area contributed by atoms with Crippen LogP contribution in [0, 0.1) is 6.92 Å². The number of aryl methyl sites for hydroxylation is 1. The van der Waals surface area contributed by atoms with E-state index in [0.29, 0.717) is 23.6 Å². The molecule has 0 radical (unpaired) electrons. The molecule has 11 heteroatoms. The number of anilines is 1. The second-order valence-corrected chi connectivity index (χ2v) is 10.4. The molecule has 1 aliphatic rings. The molecule has 168 valence electrons. The van der Waals surface area contributed by atoms with Gasteiger partial charge < -0.3 is 11.1 Å². The largest absolute Gasteiger partial charge is 0.366 e. The average Bonchev–Trinajstić information content (AvgIpc) is 3.21. The number of primary amides is 1. The molecule has 0 unspecified atom stereocenters. The number of hydrogen-bond donors (Lipinski definition) is 2. The Labute approximate surface area is 189 Å². The van der Waals surface area contributed by atoms with E-state index >= 15 is 0 Å². The van der Waals surface area contributed by atoms with Gasteiger partial charge in [-0.05, 0) is 36.1 Å². The number of nitrogens with two attached hydrogens (primary N) is 1. The van der Waals surface area contributed by atoms with Crippen LogP contribution < -0.4 is 11.1 Å². The average molecular weight is 474 g/mol. The minimum Gasteiger partial charge on any atom is -0.366 e. The molecule has 32 heavy (non-hydrogen) atoms. The fourth-order valence-corrected chi connectivity index (χ4v) is 6.08. The van der Waals surface area contributed by atoms with Crippen LogP contribution in [0.15, 0.2) is 46.8 Å². The highest BCUT2D eigenvalue weighted by atomic mass is 32.2. The van der Waals surface area contributed by atoms with E-state index < -0.39 is 15.9 Å². The maximum absolute atomic E-state index is 13.3. The van der Waals surface area contributed by atoms with Crippen molar-refractivity contribution in [2.45, 2.75) is 11.8 Å². The van der Waals surface area contributed by atoms with Gasteiger partial charge in [0.2, 0.25) is 15.9 Å². The highest BCUT2D eigenvalue weighted by Crippen LogP contribution is 2.26. The van der Waals surface area contributed by atoms with E-state index in [4.69, 9.17) is 5.73 Å². The fraction of sp³-hybridized carbons (Fsp3) is 0.286. The number of nitrogens with zero attached hydrogens (tertiary/aromatic N) is 3. The summed E-state index contributed by atoms with van der Waals surface area (Å²) < 4.78 is 28.0. The molecule has 1 fully saturated rings. The number of para-hydroxylation sites is 1. The first kappa shape index (κ1) is 22.3. The van der Waals surface area contributed by atoms with Crippen LogP contribution in [0.25, 0.3) is 10.9 Å². The van der Waals surface area contributed by atoms with Crippen LogP contribution >= 0.6 is 11.3 Å². The first-order valence-electron chi connectivity index (χ1n) is 10.0. The Bertz CT molecular complexity index is 1280. The van der Waals surface area contributed by atoms with Crippen molar-refractivity contribution < 1.29 is 18.0 Å². The van der Waals surface area contributed by atoms with Crippen LogP contribution in [-0.2, 0) is 14.8 Å².